The van der Waals surface area contributed by atoms with Crippen molar-refractivity contribution in [2.45, 2.75) is 6.92 Å². The Balaban J connectivity index is 1.57. The van der Waals surface area contributed by atoms with Crippen LogP contribution in [0.4, 0.5) is 11.7 Å². The van der Waals surface area contributed by atoms with Crippen LogP contribution >= 0.6 is 0 Å². The first kappa shape index (κ1) is 18.5. The Morgan fingerprint density at radius 1 is 0.862 bits per heavy atom. The van der Waals surface area contributed by atoms with Gasteiger partial charge in [-0.1, -0.05) is 72.8 Å². The molecule has 3 aromatic carbocycles. The molecule has 0 bridgehead atoms. The van der Waals surface area contributed by atoms with Gasteiger partial charge >= 0.3 is 6.01 Å². The first-order chi connectivity index (χ1) is 14.3. The second kappa shape index (κ2) is 8.89. The molecule has 4 rings (SSSR count). The van der Waals surface area contributed by atoms with Gasteiger partial charge in [-0.05, 0) is 24.6 Å². The minimum atomic E-state index is 0.350. The summed E-state index contributed by atoms with van der Waals surface area (Å²) in [5.41, 5.74) is 7.72. The first-order valence-corrected chi connectivity index (χ1v) is 9.58. The molecule has 0 spiro atoms. The fourth-order valence-corrected chi connectivity index (χ4v) is 3.00. The maximum Gasteiger partial charge on any atom is 0.316 e. The van der Waals surface area contributed by atoms with Gasteiger partial charge in [0.2, 0.25) is 0 Å². The second-order valence-corrected chi connectivity index (χ2v) is 6.45. The van der Waals surface area contributed by atoms with Crippen molar-refractivity contribution in [3.05, 3.63) is 90.5 Å². The average Bonchev–Trinajstić information content (AvgIpc) is 3.21. The predicted octanol–water partition coefficient (Wildman–Crippen LogP) is 5.89. The highest BCUT2D eigenvalue weighted by molar-refractivity contribution is 5.81. The molecule has 0 saturated heterocycles. The molecule has 2 N–H and O–H groups in total. The number of rotatable bonds is 7. The van der Waals surface area contributed by atoms with Gasteiger partial charge < -0.3 is 9.73 Å². The molecule has 0 aliphatic carbocycles. The van der Waals surface area contributed by atoms with Crippen LogP contribution in [0, 0.1) is 0 Å². The lowest BCUT2D eigenvalue weighted by Gasteiger charge is -2.02. The summed E-state index contributed by atoms with van der Waals surface area (Å²) in [6, 6.07) is 28.4. The van der Waals surface area contributed by atoms with Crippen LogP contribution in [0.2, 0.25) is 0 Å². The lowest BCUT2D eigenvalue weighted by atomic mass is 10.1. The highest BCUT2D eigenvalue weighted by atomic mass is 16.4. The average molecular weight is 382 g/mol. The van der Waals surface area contributed by atoms with Crippen LogP contribution in [0.5, 0.6) is 0 Å². The van der Waals surface area contributed by atoms with Crippen LogP contribution in [0.15, 0.2) is 94.4 Å². The molecule has 1 heterocycles. The summed E-state index contributed by atoms with van der Waals surface area (Å²) in [5, 5.41) is 7.55. The van der Waals surface area contributed by atoms with Crippen LogP contribution in [0.25, 0.3) is 22.6 Å². The number of hydrazone groups is 1. The fraction of sp³-hybridized carbons (Fsp3) is 0.0833. The maximum atomic E-state index is 6.00. The number of anilines is 2. The van der Waals surface area contributed by atoms with E-state index < -0.39 is 0 Å². The van der Waals surface area contributed by atoms with Crippen molar-refractivity contribution in [1.82, 2.24) is 4.98 Å². The van der Waals surface area contributed by atoms with Gasteiger partial charge in [-0.25, -0.2) is 5.43 Å². The van der Waals surface area contributed by atoms with Gasteiger partial charge in [0, 0.05) is 23.4 Å². The number of hydrogen-bond donors (Lipinski definition) is 2. The van der Waals surface area contributed by atoms with Crippen molar-refractivity contribution in [3.63, 3.8) is 0 Å². The monoisotopic (exact) mass is 382 g/mol. The molecule has 144 valence electrons. The van der Waals surface area contributed by atoms with E-state index in [0.717, 1.165) is 34.6 Å². The molecule has 1 aromatic heterocycles. The Bertz CT molecular complexity index is 1010. The molecule has 4 aromatic rings. The molecule has 0 radical (unpaired) electrons. The Kier molecular flexibility index (Phi) is 5.67. The van der Waals surface area contributed by atoms with E-state index in [1.807, 2.05) is 84.9 Å². The standard InChI is InChI=1S/C24H22N4O/c1-2-25-21-15-13-18(14-16-21)17-26-28-24-27-22(19-9-5-3-6-10-19)23(29-24)20-11-7-4-8-12-20/h3-17,25H,2H2,1H3,(H,27,28)/b26-17+. The number of hydrogen-bond acceptors (Lipinski definition) is 5. The number of benzene rings is 3. The molecule has 0 amide bonds. The summed E-state index contributed by atoms with van der Waals surface area (Å²) in [7, 11) is 0. The number of oxazole rings is 1. The highest BCUT2D eigenvalue weighted by Gasteiger charge is 2.16. The van der Waals surface area contributed by atoms with E-state index in [1.165, 1.54) is 0 Å². The van der Waals surface area contributed by atoms with Gasteiger partial charge in [0.25, 0.3) is 0 Å². The molecule has 0 aliphatic rings. The molecule has 0 unspecified atom stereocenters. The van der Waals surface area contributed by atoms with E-state index in [1.54, 1.807) is 6.21 Å². The van der Waals surface area contributed by atoms with Crippen molar-refractivity contribution in [2.24, 2.45) is 5.10 Å². The highest BCUT2D eigenvalue weighted by Crippen LogP contribution is 2.34. The SMILES string of the molecule is CCNc1ccc(/C=N/Nc2nc(-c3ccccc3)c(-c3ccccc3)o2)cc1. The van der Waals surface area contributed by atoms with Crippen LogP contribution in [0.1, 0.15) is 12.5 Å². The Hall–Kier alpha value is -3.86. The van der Waals surface area contributed by atoms with Crippen LogP contribution in [-0.2, 0) is 0 Å². The van der Waals surface area contributed by atoms with E-state index in [9.17, 15) is 0 Å². The van der Waals surface area contributed by atoms with Crippen molar-refractivity contribution in [1.29, 1.82) is 0 Å². The van der Waals surface area contributed by atoms with Gasteiger partial charge in [0.1, 0.15) is 5.69 Å². The van der Waals surface area contributed by atoms with Gasteiger partial charge in [0.05, 0.1) is 6.21 Å². The normalized spacial score (nSPS) is 10.9. The number of nitrogens with zero attached hydrogens (tertiary/aromatic N) is 2. The quantitative estimate of drug-likeness (QED) is 0.309. The van der Waals surface area contributed by atoms with E-state index >= 15 is 0 Å². The van der Waals surface area contributed by atoms with Gasteiger partial charge in [-0.2, -0.15) is 10.1 Å². The Morgan fingerprint density at radius 3 is 2.17 bits per heavy atom. The van der Waals surface area contributed by atoms with Crippen molar-refractivity contribution in [3.8, 4) is 22.6 Å². The molecule has 5 heteroatoms. The third-order valence-electron chi connectivity index (χ3n) is 4.38. The molecule has 0 aliphatic heterocycles. The van der Waals surface area contributed by atoms with Crippen LogP contribution < -0.4 is 10.7 Å². The first-order valence-electron chi connectivity index (χ1n) is 9.58. The lowest BCUT2D eigenvalue weighted by molar-refractivity contribution is 0.587. The van der Waals surface area contributed by atoms with Gasteiger partial charge in [-0.3, -0.25) is 0 Å². The summed E-state index contributed by atoms with van der Waals surface area (Å²) in [5.74, 6) is 0.712. The summed E-state index contributed by atoms with van der Waals surface area (Å²) in [4.78, 5) is 4.62. The summed E-state index contributed by atoms with van der Waals surface area (Å²) >= 11 is 0. The molecule has 29 heavy (non-hydrogen) atoms. The summed E-state index contributed by atoms with van der Waals surface area (Å²) in [6.07, 6.45) is 1.74. The van der Waals surface area contributed by atoms with Gasteiger partial charge in [-0.15, -0.1) is 0 Å². The third kappa shape index (κ3) is 4.52. The topological polar surface area (TPSA) is 62.5 Å². The Morgan fingerprint density at radius 2 is 1.52 bits per heavy atom. The zero-order valence-corrected chi connectivity index (χ0v) is 16.2. The minimum Gasteiger partial charge on any atom is -0.422 e. The molecular formula is C24H22N4O. The zero-order valence-electron chi connectivity index (χ0n) is 16.2. The van der Waals surface area contributed by atoms with Crippen molar-refractivity contribution < 1.29 is 4.42 Å². The molecule has 5 nitrogen and oxygen atoms in total. The van der Waals surface area contributed by atoms with Gasteiger partial charge in [0.15, 0.2) is 5.76 Å². The van der Waals surface area contributed by atoms with Crippen molar-refractivity contribution >= 4 is 17.9 Å². The smallest absolute Gasteiger partial charge is 0.316 e. The summed E-state index contributed by atoms with van der Waals surface area (Å²) < 4.78 is 6.00. The minimum absolute atomic E-state index is 0.350. The van der Waals surface area contributed by atoms with E-state index in [0.29, 0.717) is 11.8 Å². The molecule has 0 fully saturated rings. The maximum absolute atomic E-state index is 6.00. The van der Waals surface area contributed by atoms with E-state index in [-0.39, 0.29) is 0 Å². The third-order valence-corrected chi connectivity index (χ3v) is 4.38. The predicted molar refractivity (Wildman–Crippen MR) is 119 cm³/mol. The van der Waals surface area contributed by atoms with E-state index in [2.05, 4.69) is 27.8 Å². The molecule has 0 atom stereocenters. The summed E-state index contributed by atoms with van der Waals surface area (Å²) in [6.45, 7) is 2.97. The van der Waals surface area contributed by atoms with Crippen LogP contribution in [-0.4, -0.2) is 17.7 Å². The van der Waals surface area contributed by atoms with E-state index in [4.69, 9.17) is 4.42 Å². The number of nitrogens with one attached hydrogen (secondary N) is 2. The van der Waals surface area contributed by atoms with Crippen LogP contribution in [0.3, 0.4) is 0 Å². The zero-order chi connectivity index (χ0) is 19.9. The molecule has 0 saturated carbocycles. The Labute approximate surface area is 170 Å². The molecular weight excluding hydrogens is 360 g/mol. The number of aromatic nitrogens is 1. The second-order valence-electron chi connectivity index (χ2n) is 6.45. The fourth-order valence-electron chi connectivity index (χ4n) is 3.00. The largest absolute Gasteiger partial charge is 0.422 e. The lowest BCUT2D eigenvalue weighted by Crippen LogP contribution is -1.96. The van der Waals surface area contributed by atoms with Crippen molar-refractivity contribution in [2.75, 3.05) is 17.3 Å².